The van der Waals surface area contributed by atoms with Crippen LogP contribution in [0.3, 0.4) is 0 Å². The number of pyridine rings is 1. The van der Waals surface area contributed by atoms with Gasteiger partial charge in [-0.25, -0.2) is 13.2 Å². The second kappa shape index (κ2) is 7.25. The van der Waals surface area contributed by atoms with Gasteiger partial charge >= 0.3 is 5.97 Å². The maximum absolute atomic E-state index is 12.9. The molecule has 8 heteroatoms. The third-order valence-electron chi connectivity index (χ3n) is 4.42. The zero-order valence-corrected chi connectivity index (χ0v) is 14.9. The van der Waals surface area contributed by atoms with Crippen LogP contribution in [0.15, 0.2) is 59.8 Å². The summed E-state index contributed by atoms with van der Waals surface area (Å²) in [6.07, 6.45) is 2.91. The van der Waals surface area contributed by atoms with Gasteiger partial charge in [-0.1, -0.05) is 18.2 Å². The molecule has 1 aliphatic rings. The average Bonchev–Trinajstić information content (AvgIpc) is 3.14. The van der Waals surface area contributed by atoms with Gasteiger partial charge in [0.05, 0.1) is 22.8 Å². The fourth-order valence-electron chi connectivity index (χ4n) is 3.06. The van der Waals surface area contributed by atoms with Gasteiger partial charge in [-0.15, -0.1) is 0 Å². The third-order valence-corrected chi connectivity index (χ3v) is 6.56. The number of carbonyl (C=O) groups is 2. The standard InChI is InChI=1S/C18H18N2O5S/c1-25-18(22)16-10-15(26(23,24)14-7-3-2-4-8-14)12-20(16)17(21)13-6-5-9-19-11-13/h2-9,11,15-16H,10,12H2,1H3/t15-,16+/m1/s1. The van der Waals surface area contributed by atoms with Crippen LogP contribution < -0.4 is 0 Å². The molecule has 0 aliphatic carbocycles. The lowest BCUT2D eigenvalue weighted by molar-refractivity contribution is -0.145. The number of nitrogens with zero attached hydrogens (tertiary/aromatic N) is 2. The highest BCUT2D eigenvalue weighted by Crippen LogP contribution is 2.29. The maximum Gasteiger partial charge on any atom is 0.328 e. The Morgan fingerprint density at radius 2 is 1.88 bits per heavy atom. The predicted octanol–water partition coefficient (Wildman–Crippen LogP) is 1.31. The Morgan fingerprint density at radius 3 is 2.50 bits per heavy atom. The SMILES string of the molecule is COC(=O)[C@@H]1C[C@@H](S(=O)(=O)c2ccccc2)CN1C(=O)c1cccnc1. The zero-order chi connectivity index (χ0) is 18.7. The summed E-state index contributed by atoms with van der Waals surface area (Å²) in [4.78, 5) is 30.2. The number of hydrogen-bond acceptors (Lipinski definition) is 6. The third kappa shape index (κ3) is 3.32. The van der Waals surface area contributed by atoms with E-state index in [-0.39, 0.29) is 17.9 Å². The van der Waals surface area contributed by atoms with Crippen molar-refractivity contribution in [3.63, 3.8) is 0 Å². The number of benzene rings is 1. The number of hydrogen-bond donors (Lipinski definition) is 0. The largest absolute Gasteiger partial charge is 0.467 e. The first-order valence-electron chi connectivity index (χ1n) is 8.03. The van der Waals surface area contributed by atoms with Crippen LogP contribution in [-0.4, -0.2) is 55.1 Å². The van der Waals surface area contributed by atoms with Crippen LogP contribution in [0, 0.1) is 0 Å². The second-order valence-corrected chi connectivity index (χ2v) is 8.18. The van der Waals surface area contributed by atoms with E-state index in [0.717, 1.165) is 0 Å². The summed E-state index contributed by atoms with van der Waals surface area (Å²) in [5.74, 6) is -1.08. The molecule has 0 radical (unpaired) electrons. The highest BCUT2D eigenvalue weighted by atomic mass is 32.2. The normalized spacial score (nSPS) is 20.0. The minimum atomic E-state index is -3.68. The molecule has 26 heavy (non-hydrogen) atoms. The molecule has 7 nitrogen and oxygen atoms in total. The number of rotatable bonds is 4. The van der Waals surface area contributed by atoms with Crippen molar-refractivity contribution >= 4 is 21.7 Å². The molecule has 1 saturated heterocycles. The van der Waals surface area contributed by atoms with Crippen LogP contribution in [0.2, 0.25) is 0 Å². The van der Waals surface area contributed by atoms with Crippen molar-refractivity contribution in [2.24, 2.45) is 0 Å². The second-order valence-electron chi connectivity index (χ2n) is 5.95. The Morgan fingerprint density at radius 1 is 1.15 bits per heavy atom. The topological polar surface area (TPSA) is 93.6 Å². The van der Waals surface area contributed by atoms with Gasteiger partial charge in [0.25, 0.3) is 5.91 Å². The molecular weight excluding hydrogens is 356 g/mol. The molecule has 136 valence electrons. The van der Waals surface area contributed by atoms with E-state index in [4.69, 9.17) is 4.74 Å². The van der Waals surface area contributed by atoms with E-state index in [2.05, 4.69) is 4.98 Å². The molecule has 3 rings (SSSR count). The van der Waals surface area contributed by atoms with Crippen molar-refractivity contribution in [2.75, 3.05) is 13.7 Å². The van der Waals surface area contributed by atoms with E-state index in [0.29, 0.717) is 5.56 Å². The van der Waals surface area contributed by atoms with Crippen molar-refractivity contribution in [1.29, 1.82) is 0 Å². The van der Waals surface area contributed by atoms with Crippen LogP contribution in [0.1, 0.15) is 16.8 Å². The highest BCUT2D eigenvalue weighted by molar-refractivity contribution is 7.92. The van der Waals surface area contributed by atoms with Gasteiger partial charge in [-0.3, -0.25) is 9.78 Å². The van der Waals surface area contributed by atoms with E-state index in [1.54, 1.807) is 30.3 Å². The molecule has 0 N–H and O–H groups in total. The van der Waals surface area contributed by atoms with Crippen molar-refractivity contribution in [2.45, 2.75) is 22.6 Å². The Balaban J connectivity index is 1.93. The van der Waals surface area contributed by atoms with Gasteiger partial charge in [-0.2, -0.15) is 0 Å². The molecule has 0 spiro atoms. The molecule has 1 aromatic carbocycles. The summed E-state index contributed by atoms with van der Waals surface area (Å²) < 4.78 is 30.6. The molecule has 0 saturated carbocycles. The lowest BCUT2D eigenvalue weighted by Crippen LogP contribution is -2.41. The highest BCUT2D eigenvalue weighted by Gasteiger charge is 2.46. The summed E-state index contributed by atoms with van der Waals surface area (Å²) in [5.41, 5.74) is 0.291. The molecule has 2 aromatic rings. The lowest BCUT2D eigenvalue weighted by Gasteiger charge is -2.22. The smallest absolute Gasteiger partial charge is 0.328 e. The predicted molar refractivity (Wildman–Crippen MR) is 93.1 cm³/mol. The molecule has 0 bridgehead atoms. The summed E-state index contributed by atoms with van der Waals surface area (Å²) in [5, 5.41) is -0.880. The number of esters is 1. The minimum absolute atomic E-state index is 0.00406. The van der Waals surface area contributed by atoms with Gasteiger partial charge < -0.3 is 9.64 Å². The fourth-order valence-corrected chi connectivity index (χ4v) is 4.78. The van der Waals surface area contributed by atoms with Gasteiger partial charge in [0, 0.05) is 18.9 Å². The van der Waals surface area contributed by atoms with Gasteiger partial charge in [-0.05, 0) is 30.7 Å². The van der Waals surface area contributed by atoms with Crippen LogP contribution in [0.4, 0.5) is 0 Å². The van der Waals surface area contributed by atoms with E-state index >= 15 is 0 Å². The number of aromatic nitrogens is 1. The molecule has 1 aliphatic heterocycles. The Bertz CT molecular complexity index is 900. The van der Waals surface area contributed by atoms with E-state index < -0.39 is 33.0 Å². The molecule has 1 fully saturated rings. The molecular formula is C18H18N2O5S. The minimum Gasteiger partial charge on any atom is -0.467 e. The first kappa shape index (κ1) is 18.1. The van der Waals surface area contributed by atoms with Gasteiger partial charge in [0.2, 0.25) is 0 Å². The van der Waals surface area contributed by atoms with Gasteiger partial charge in [0.1, 0.15) is 6.04 Å². The molecule has 2 heterocycles. The number of amides is 1. The monoisotopic (exact) mass is 374 g/mol. The first-order valence-corrected chi connectivity index (χ1v) is 9.57. The van der Waals surface area contributed by atoms with Crippen molar-refractivity contribution < 1.29 is 22.7 Å². The Hall–Kier alpha value is -2.74. The number of ether oxygens (including phenoxy) is 1. The fraction of sp³-hybridized carbons (Fsp3) is 0.278. The lowest BCUT2D eigenvalue weighted by atomic mass is 10.2. The molecule has 1 aromatic heterocycles. The van der Waals surface area contributed by atoms with Crippen molar-refractivity contribution in [3.05, 3.63) is 60.4 Å². The number of methoxy groups -OCH3 is 1. The molecule has 2 atom stereocenters. The number of sulfone groups is 1. The number of likely N-dealkylation sites (tertiary alicyclic amines) is 1. The van der Waals surface area contributed by atoms with Crippen molar-refractivity contribution in [1.82, 2.24) is 9.88 Å². The number of carbonyl (C=O) groups excluding carboxylic acids is 2. The van der Waals surface area contributed by atoms with Crippen LogP contribution in [-0.2, 0) is 19.4 Å². The maximum atomic E-state index is 12.9. The Kier molecular flexibility index (Phi) is 5.03. The van der Waals surface area contributed by atoms with Crippen LogP contribution >= 0.6 is 0 Å². The molecule has 1 amide bonds. The van der Waals surface area contributed by atoms with Crippen LogP contribution in [0.25, 0.3) is 0 Å². The summed E-state index contributed by atoms with van der Waals surface area (Å²) in [6, 6.07) is 10.2. The van der Waals surface area contributed by atoms with E-state index in [1.165, 1.54) is 36.5 Å². The van der Waals surface area contributed by atoms with E-state index in [1.807, 2.05) is 0 Å². The zero-order valence-electron chi connectivity index (χ0n) is 14.1. The average molecular weight is 374 g/mol. The summed E-state index contributed by atoms with van der Waals surface area (Å²) >= 11 is 0. The first-order chi connectivity index (χ1) is 12.4. The summed E-state index contributed by atoms with van der Waals surface area (Å²) in [7, 11) is -2.46. The Labute approximate surface area is 151 Å². The van der Waals surface area contributed by atoms with Crippen LogP contribution in [0.5, 0.6) is 0 Å². The quantitative estimate of drug-likeness (QED) is 0.749. The summed E-state index contributed by atoms with van der Waals surface area (Å²) in [6.45, 7) is -0.0786. The van der Waals surface area contributed by atoms with E-state index in [9.17, 15) is 18.0 Å². The molecule has 0 unspecified atom stereocenters. The van der Waals surface area contributed by atoms with Crippen molar-refractivity contribution in [3.8, 4) is 0 Å². The van der Waals surface area contributed by atoms with Gasteiger partial charge in [0.15, 0.2) is 9.84 Å².